The average molecular weight is 465 g/mol. The molecule has 0 atom stereocenters. The van der Waals surface area contributed by atoms with Crippen LogP contribution in [0.1, 0.15) is 18.4 Å². The molecule has 1 fully saturated rings. The van der Waals surface area contributed by atoms with Crippen LogP contribution in [0.2, 0.25) is 5.02 Å². The van der Waals surface area contributed by atoms with Crippen molar-refractivity contribution in [3.05, 3.63) is 58.9 Å². The molecule has 0 bridgehead atoms. The lowest BCUT2D eigenvalue weighted by molar-refractivity contribution is -0.137. The van der Waals surface area contributed by atoms with Crippen molar-refractivity contribution in [2.24, 2.45) is 5.92 Å². The van der Waals surface area contributed by atoms with Crippen LogP contribution in [0, 0.1) is 11.7 Å². The van der Waals surface area contributed by atoms with Crippen LogP contribution in [0.3, 0.4) is 0 Å². The molecule has 30 heavy (non-hydrogen) atoms. The number of benzene rings is 2. The van der Waals surface area contributed by atoms with E-state index in [9.17, 15) is 30.8 Å². The van der Waals surface area contributed by atoms with Crippen molar-refractivity contribution < 1.29 is 30.8 Å². The molecule has 1 amide bonds. The topological polar surface area (TPSA) is 66.5 Å². The first-order valence-electron chi connectivity index (χ1n) is 8.92. The van der Waals surface area contributed by atoms with Crippen LogP contribution in [0.5, 0.6) is 0 Å². The molecule has 0 spiro atoms. The Morgan fingerprint density at radius 1 is 1.07 bits per heavy atom. The van der Waals surface area contributed by atoms with Gasteiger partial charge in [0.15, 0.2) is 0 Å². The summed E-state index contributed by atoms with van der Waals surface area (Å²) in [6, 6.07) is 7.05. The molecule has 2 aromatic rings. The number of carbonyl (C=O) groups is 1. The van der Waals surface area contributed by atoms with Gasteiger partial charge in [0.2, 0.25) is 15.9 Å². The molecule has 0 aromatic heterocycles. The Morgan fingerprint density at radius 2 is 1.67 bits per heavy atom. The molecule has 2 aromatic carbocycles. The molecule has 0 radical (unpaired) electrons. The number of amides is 1. The Labute approximate surface area is 175 Å². The van der Waals surface area contributed by atoms with Crippen LogP contribution in [-0.2, 0) is 21.0 Å². The zero-order chi connectivity index (χ0) is 22.1. The maximum absolute atomic E-state index is 13.0. The molecular weight excluding hydrogens is 448 g/mol. The van der Waals surface area contributed by atoms with E-state index < -0.39 is 39.4 Å². The predicted octanol–water partition coefficient (Wildman–Crippen LogP) is 4.54. The second kappa shape index (κ2) is 8.52. The van der Waals surface area contributed by atoms with Crippen molar-refractivity contribution in [1.82, 2.24) is 4.31 Å². The van der Waals surface area contributed by atoms with Crippen molar-refractivity contribution in [3.63, 3.8) is 0 Å². The minimum atomic E-state index is -4.58. The zero-order valence-corrected chi connectivity index (χ0v) is 17.0. The van der Waals surface area contributed by atoms with Crippen molar-refractivity contribution >= 4 is 33.2 Å². The van der Waals surface area contributed by atoms with Gasteiger partial charge < -0.3 is 5.32 Å². The molecule has 1 aliphatic rings. The highest BCUT2D eigenvalue weighted by atomic mass is 35.5. The number of piperidine rings is 1. The van der Waals surface area contributed by atoms with Gasteiger partial charge in [-0.1, -0.05) is 11.6 Å². The summed E-state index contributed by atoms with van der Waals surface area (Å²) < 4.78 is 78.1. The van der Waals surface area contributed by atoms with Crippen molar-refractivity contribution in [2.75, 3.05) is 18.4 Å². The Bertz CT molecular complexity index is 1030. The number of halogens is 5. The summed E-state index contributed by atoms with van der Waals surface area (Å²) in [7, 11) is -3.83. The lowest BCUT2D eigenvalue weighted by Crippen LogP contribution is -2.41. The highest BCUT2D eigenvalue weighted by Crippen LogP contribution is 2.34. The quantitative estimate of drug-likeness (QED) is 0.676. The van der Waals surface area contributed by atoms with E-state index in [1.54, 1.807) is 0 Å². The standard InChI is InChI=1S/C19H17ClF4N2O3S/c20-16-6-1-13(19(22,23)24)11-17(16)25-18(27)12-7-9-26(10-8-12)30(28,29)15-4-2-14(21)3-5-15/h1-6,11-12H,7-10H2,(H,25,27). The minimum absolute atomic E-state index is 0.0346. The van der Waals surface area contributed by atoms with E-state index in [0.717, 1.165) is 30.3 Å². The fraction of sp³-hybridized carbons (Fsp3) is 0.316. The molecule has 3 rings (SSSR count). The van der Waals surface area contributed by atoms with Gasteiger partial charge >= 0.3 is 6.18 Å². The van der Waals surface area contributed by atoms with Crippen LogP contribution in [0.25, 0.3) is 0 Å². The number of carbonyl (C=O) groups excluding carboxylic acids is 1. The van der Waals surface area contributed by atoms with Crippen LogP contribution < -0.4 is 5.32 Å². The number of rotatable bonds is 4. The fourth-order valence-corrected chi connectivity index (χ4v) is 4.78. The third-order valence-corrected chi connectivity index (χ3v) is 7.07. The molecule has 1 N–H and O–H groups in total. The number of hydrogen-bond acceptors (Lipinski definition) is 3. The number of nitrogens with zero attached hydrogens (tertiary/aromatic N) is 1. The molecule has 0 unspecified atom stereocenters. The second-order valence-corrected chi connectivity index (χ2v) is 9.16. The number of nitrogens with one attached hydrogen (secondary N) is 1. The van der Waals surface area contributed by atoms with Gasteiger partial charge in [-0.05, 0) is 55.3 Å². The van der Waals surface area contributed by atoms with Gasteiger partial charge in [0.25, 0.3) is 0 Å². The van der Waals surface area contributed by atoms with Crippen LogP contribution in [-0.4, -0.2) is 31.7 Å². The van der Waals surface area contributed by atoms with E-state index in [1.165, 1.54) is 16.4 Å². The SMILES string of the molecule is O=C(Nc1cc(C(F)(F)F)ccc1Cl)C1CCN(S(=O)(=O)c2ccc(F)cc2)CC1. The van der Waals surface area contributed by atoms with Crippen molar-refractivity contribution in [1.29, 1.82) is 0 Å². The lowest BCUT2D eigenvalue weighted by Gasteiger charge is -2.30. The maximum atomic E-state index is 13.0. The monoisotopic (exact) mass is 464 g/mol. The molecule has 1 aliphatic heterocycles. The summed E-state index contributed by atoms with van der Waals surface area (Å²) in [6.07, 6.45) is -4.21. The summed E-state index contributed by atoms with van der Waals surface area (Å²) in [5.41, 5.74) is -1.10. The molecule has 1 saturated heterocycles. The van der Waals surface area contributed by atoms with Gasteiger partial charge in [0.05, 0.1) is 21.2 Å². The smallest absolute Gasteiger partial charge is 0.325 e. The van der Waals surface area contributed by atoms with Crippen LogP contribution in [0.4, 0.5) is 23.2 Å². The molecule has 5 nitrogen and oxygen atoms in total. The van der Waals surface area contributed by atoms with Crippen molar-refractivity contribution in [3.8, 4) is 0 Å². The van der Waals surface area contributed by atoms with E-state index in [-0.39, 0.29) is 41.5 Å². The first-order valence-corrected chi connectivity index (χ1v) is 10.7. The molecule has 11 heteroatoms. The van der Waals surface area contributed by atoms with Crippen LogP contribution in [0.15, 0.2) is 47.4 Å². The summed E-state index contributed by atoms with van der Waals surface area (Å²) in [5.74, 6) is -1.68. The van der Waals surface area contributed by atoms with E-state index in [1.807, 2.05) is 0 Å². The summed E-state index contributed by atoms with van der Waals surface area (Å²) in [4.78, 5) is 12.4. The minimum Gasteiger partial charge on any atom is -0.325 e. The van der Waals surface area contributed by atoms with Gasteiger partial charge in [-0.3, -0.25) is 4.79 Å². The Balaban J connectivity index is 1.65. The highest BCUT2D eigenvalue weighted by Gasteiger charge is 2.33. The highest BCUT2D eigenvalue weighted by molar-refractivity contribution is 7.89. The molecule has 162 valence electrons. The van der Waals surface area contributed by atoms with Gasteiger partial charge in [-0.2, -0.15) is 17.5 Å². The van der Waals surface area contributed by atoms with E-state index >= 15 is 0 Å². The third-order valence-electron chi connectivity index (χ3n) is 4.83. The van der Waals surface area contributed by atoms with Gasteiger partial charge in [-0.25, -0.2) is 12.8 Å². The number of hydrogen-bond donors (Lipinski definition) is 1. The zero-order valence-electron chi connectivity index (χ0n) is 15.4. The molecular formula is C19H17ClF4N2O3S. The lowest BCUT2D eigenvalue weighted by atomic mass is 9.97. The van der Waals surface area contributed by atoms with Gasteiger partial charge in [-0.15, -0.1) is 0 Å². The second-order valence-electron chi connectivity index (χ2n) is 6.81. The summed E-state index contributed by atoms with van der Waals surface area (Å²) in [5, 5.41) is 2.37. The Morgan fingerprint density at radius 3 is 2.23 bits per heavy atom. The molecule has 0 saturated carbocycles. The predicted molar refractivity (Wildman–Crippen MR) is 103 cm³/mol. The van der Waals surface area contributed by atoms with E-state index in [0.29, 0.717) is 0 Å². The Hall–Kier alpha value is -2.17. The van der Waals surface area contributed by atoms with E-state index in [2.05, 4.69) is 5.32 Å². The third kappa shape index (κ3) is 4.93. The van der Waals surface area contributed by atoms with Crippen molar-refractivity contribution in [2.45, 2.75) is 23.9 Å². The van der Waals surface area contributed by atoms with Gasteiger partial charge in [0.1, 0.15) is 5.82 Å². The number of sulfonamides is 1. The molecule has 1 heterocycles. The number of anilines is 1. The first-order chi connectivity index (χ1) is 14.0. The molecule has 0 aliphatic carbocycles. The number of alkyl halides is 3. The first kappa shape index (κ1) is 22.5. The average Bonchev–Trinajstić information content (AvgIpc) is 2.69. The fourth-order valence-electron chi connectivity index (χ4n) is 3.15. The van der Waals surface area contributed by atoms with Crippen LogP contribution >= 0.6 is 11.6 Å². The largest absolute Gasteiger partial charge is 0.416 e. The van der Waals surface area contributed by atoms with E-state index in [4.69, 9.17) is 11.6 Å². The van der Waals surface area contributed by atoms with Gasteiger partial charge in [0, 0.05) is 19.0 Å². The summed E-state index contributed by atoms with van der Waals surface area (Å²) >= 11 is 5.89. The normalized spacial score (nSPS) is 16.4. The maximum Gasteiger partial charge on any atom is 0.416 e. The Kier molecular flexibility index (Phi) is 6.40. The summed E-state index contributed by atoms with van der Waals surface area (Å²) in [6.45, 7) is 0.0994.